The molecule has 0 aliphatic heterocycles. The van der Waals surface area contributed by atoms with Gasteiger partial charge < -0.3 is 5.32 Å². The topological polar surface area (TPSA) is 24.9 Å². The van der Waals surface area contributed by atoms with Crippen molar-refractivity contribution in [1.29, 1.82) is 0 Å². The van der Waals surface area contributed by atoms with Crippen LogP contribution >= 0.6 is 11.6 Å². The van der Waals surface area contributed by atoms with E-state index >= 15 is 0 Å². The third kappa shape index (κ3) is 2.29. The first-order valence-corrected chi connectivity index (χ1v) is 6.03. The minimum atomic E-state index is -0.376. The number of hydrogen-bond acceptors (Lipinski definition) is 2. The third-order valence-electron chi connectivity index (χ3n) is 3.60. The van der Waals surface area contributed by atoms with Gasteiger partial charge in [-0.25, -0.2) is 9.37 Å². The fourth-order valence-corrected chi connectivity index (χ4v) is 2.41. The molecule has 1 aliphatic rings. The average Bonchev–Trinajstić information content (AvgIpc) is 2.54. The van der Waals surface area contributed by atoms with Gasteiger partial charge >= 0.3 is 0 Å². The Morgan fingerprint density at radius 3 is 2.75 bits per heavy atom. The molecule has 0 aromatic carbocycles. The van der Waals surface area contributed by atoms with E-state index < -0.39 is 0 Å². The van der Waals surface area contributed by atoms with Crippen LogP contribution in [0.1, 0.15) is 26.7 Å². The van der Waals surface area contributed by atoms with Crippen molar-refractivity contribution in [2.75, 3.05) is 5.32 Å². The van der Waals surface area contributed by atoms with E-state index in [2.05, 4.69) is 24.1 Å². The predicted octanol–water partition coefficient (Wildman–Crippen LogP) is 3.72. The zero-order valence-electron chi connectivity index (χ0n) is 9.50. The number of aromatic nitrogens is 1. The summed E-state index contributed by atoms with van der Waals surface area (Å²) in [5.74, 6) is 1.18. The van der Waals surface area contributed by atoms with Gasteiger partial charge in [-0.05, 0) is 30.7 Å². The lowest BCUT2D eigenvalue weighted by Crippen LogP contribution is -2.25. The molecule has 2 rings (SSSR count). The molecule has 0 radical (unpaired) electrons. The molecule has 2 nitrogen and oxygen atoms in total. The maximum atomic E-state index is 13.5. The van der Waals surface area contributed by atoms with Gasteiger partial charge in [-0.2, -0.15) is 0 Å². The molecule has 3 atom stereocenters. The molecule has 1 aromatic heterocycles. The Kier molecular flexibility index (Phi) is 3.33. The van der Waals surface area contributed by atoms with Crippen molar-refractivity contribution in [1.82, 2.24) is 4.98 Å². The number of pyridine rings is 1. The highest BCUT2D eigenvalue weighted by Gasteiger charge is 2.30. The van der Waals surface area contributed by atoms with Gasteiger partial charge in [-0.3, -0.25) is 0 Å². The summed E-state index contributed by atoms with van der Waals surface area (Å²) < 4.78 is 13.5. The molecule has 1 N–H and O–H groups in total. The Labute approximate surface area is 100 Å². The fourth-order valence-electron chi connectivity index (χ4n) is 2.26. The predicted molar refractivity (Wildman–Crippen MR) is 64.2 cm³/mol. The van der Waals surface area contributed by atoms with E-state index in [4.69, 9.17) is 11.6 Å². The van der Waals surface area contributed by atoms with Crippen LogP contribution in [0.2, 0.25) is 5.02 Å². The normalized spacial score (nSPS) is 29.4. The standard InChI is InChI=1S/C12H16ClFN2/c1-7-3-4-11(8(7)2)16-12-10(14)5-9(13)6-15-12/h5-8,11H,3-4H2,1-2H3,(H,15,16). The summed E-state index contributed by atoms with van der Waals surface area (Å²) in [5.41, 5.74) is 0. The molecule has 1 aromatic rings. The molecular formula is C12H16ClFN2. The summed E-state index contributed by atoms with van der Waals surface area (Å²) in [6.45, 7) is 4.43. The van der Waals surface area contributed by atoms with Gasteiger partial charge in [0, 0.05) is 12.2 Å². The highest BCUT2D eigenvalue weighted by atomic mass is 35.5. The van der Waals surface area contributed by atoms with Gasteiger partial charge in [-0.15, -0.1) is 0 Å². The van der Waals surface area contributed by atoms with E-state index in [1.807, 2.05) is 0 Å². The van der Waals surface area contributed by atoms with Gasteiger partial charge in [0.05, 0.1) is 5.02 Å². The summed E-state index contributed by atoms with van der Waals surface area (Å²) >= 11 is 5.66. The summed E-state index contributed by atoms with van der Waals surface area (Å²) in [6.07, 6.45) is 3.73. The van der Waals surface area contributed by atoms with Crippen molar-refractivity contribution in [3.63, 3.8) is 0 Å². The number of nitrogens with one attached hydrogen (secondary N) is 1. The SMILES string of the molecule is CC1CCC(Nc2ncc(Cl)cc2F)C1C. The van der Waals surface area contributed by atoms with E-state index in [1.54, 1.807) is 0 Å². The van der Waals surface area contributed by atoms with E-state index in [1.165, 1.54) is 18.7 Å². The maximum absolute atomic E-state index is 13.5. The Morgan fingerprint density at radius 2 is 2.19 bits per heavy atom. The molecule has 0 saturated heterocycles. The summed E-state index contributed by atoms with van der Waals surface area (Å²) in [5, 5.41) is 3.50. The molecule has 0 spiro atoms. The minimum Gasteiger partial charge on any atom is -0.365 e. The van der Waals surface area contributed by atoms with Crippen LogP contribution in [0.3, 0.4) is 0 Å². The van der Waals surface area contributed by atoms with Crippen molar-refractivity contribution in [2.45, 2.75) is 32.7 Å². The summed E-state index contributed by atoms with van der Waals surface area (Å²) in [6, 6.07) is 1.61. The first-order valence-electron chi connectivity index (χ1n) is 5.65. The fraction of sp³-hybridized carbons (Fsp3) is 0.583. The van der Waals surface area contributed by atoms with Crippen molar-refractivity contribution in [2.24, 2.45) is 11.8 Å². The maximum Gasteiger partial charge on any atom is 0.166 e. The number of anilines is 1. The Bertz CT molecular complexity index is 383. The largest absolute Gasteiger partial charge is 0.365 e. The van der Waals surface area contributed by atoms with Gasteiger partial charge in [-0.1, -0.05) is 25.4 Å². The quantitative estimate of drug-likeness (QED) is 0.855. The van der Waals surface area contributed by atoms with Gasteiger partial charge in [0.15, 0.2) is 11.6 Å². The lowest BCUT2D eigenvalue weighted by atomic mass is 9.98. The lowest BCUT2D eigenvalue weighted by Gasteiger charge is -2.20. The van der Waals surface area contributed by atoms with Crippen LogP contribution in [-0.2, 0) is 0 Å². The van der Waals surface area contributed by atoms with Gasteiger partial charge in [0.1, 0.15) is 0 Å². The number of hydrogen-bond donors (Lipinski definition) is 1. The second kappa shape index (κ2) is 4.58. The van der Waals surface area contributed by atoms with Crippen LogP contribution < -0.4 is 5.32 Å². The van der Waals surface area contributed by atoms with E-state index in [-0.39, 0.29) is 5.82 Å². The second-order valence-corrected chi connectivity index (χ2v) is 5.08. The average molecular weight is 243 g/mol. The first kappa shape index (κ1) is 11.6. The van der Waals surface area contributed by atoms with Crippen LogP contribution in [-0.4, -0.2) is 11.0 Å². The molecular weight excluding hydrogens is 227 g/mol. The zero-order chi connectivity index (χ0) is 11.7. The van der Waals surface area contributed by atoms with Crippen LogP contribution in [0.15, 0.2) is 12.3 Å². The van der Waals surface area contributed by atoms with Crippen LogP contribution in [0.5, 0.6) is 0 Å². The Balaban J connectivity index is 2.09. The van der Waals surface area contributed by atoms with E-state index in [9.17, 15) is 4.39 Å². The molecule has 16 heavy (non-hydrogen) atoms. The Hall–Kier alpha value is -0.830. The van der Waals surface area contributed by atoms with Crippen LogP contribution in [0, 0.1) is 17.7 Å². The zero-order valence-corrected chi connectivity index (χ0v) is 10.3. The minimum absolute atomic E-state index is 0.315. The van der Waals surface area contributed by atoms with Crippen LogP contribution in [0.4, 0.5) is 10.2 Å². The molecule has 1 fully saturated rings. The highest BCUT2D eigenvalue weighted by molar-refractivity contribution is 6.30. The Morgan fingerprint density at radius 1 is 1.44 bits per heavy atom. The summed E-state index contributed by atoms with van der Waals surface area (Å²) in [7, 11) is 0. The number of nitrogens with zero attached hydrogens (tertiary/aromatic N) is 1. The van der Waals surface area contributed by atoms with Gasteiger partial charge in [0.2, 0.25) is 0 Å². The molecule has 1 saturated carbocycles. The molecule has 0 bridgehead atoms. The first-order chi connectivity index (χ1) is 7.58. The lowest BCUT2D eigenvalue weighted by molar-refractivity contribution is 0.434. The van der Waals surface area contributed by atoms with Crippen molar-refractivity contribution in [3.05, 3.63) is 23.1 Å². The smallest absolute Gasteiger partial charge is 0.166 e. The second-order valence-electron chi connectivity index (χ2n) is 4.65. The van der Waals surface area contributed by atoms with Crippen molar-refractivity contribution < 1.29 is 4.39 Å². The molecule has 1 heterocycles. The molecule has 1 aliphatic carbocycles. The molecule has 4 heteroatoms. The van der Waals surface area contributed by atoms with E-state index in [0.29, 0.717) is 28.7 Å². The number of rotatable bonds is 2. The van der Waals surface area contributed by atoms with Crippen molar-refractivity contribution in [3.8, 4) is 0 Å². The van der Waals surface area contributed by atoms with Crippen molar-refractivity contribution >= 4 is 17.4 Å². The molecule has 88 valence electrons. The third-order valence-corrected chi connectivity index (χ3v) is 3.80. The van der Waals surface area contributed by atoms with E-state index in [0.717, 1.165) is 6.42 Å². The molecule has 3 unspecified atom stereocenters. The number of halogens is 2. The molecule has 0 amide bonds. The van der Waals surface area contributed by atoms with Crippen LogP contribution in [0.25, 0.3) is 0 Å². The monoisotopic (exact) mass is 242 g/mol. The van der Waals surface area contributed by atoms with Gasteiger partial charge in [0.25, 0.3) is 0 Å². The summed E-state index contributed by atoms with van der Waals surface area (Å²) in [4.78, 5) is 3.98. The highest BCUT2D eigenvalue weighted by Crippen LogP contribution is 2.33.